The molecule has 0 aliphatic carbocycles. The summed E-state index contributed by atoms with van der Waals surface area (Å²) in [7, 11) is 4.42. The summed E-state index contributed by atoms with van der Waals surface area (Å²) in [5.74, 6) is 0.116. The Morgan fingerprint density at radius 3 is 2.31 bits per heavy atom. The smallest absolute Gasteiger partial charge is 0.296 e. The zero-order chi connectivity index (χ0) is 24.9. The Morgan fingerprint density at radius 2 is 1.69 bits per heavy atom. The van der Waals surface area contributed by atoms with E-state index in [-0.39, 0.29) is 22.3 Å². The maximum absolute atomic E-state index is 14.0. The monoisotopic (exact) mass is 476 g/mol. The molecular formula is C26H21FN2O6. The van der Waals surface area contributed by atoms with Crippen molar-refractivity contribution < 1.29 is 27.8 Å². The molecular weight excluding hydrogens is 455 g/mol. The molecule has 1 atom stereocenters. The zero-order valence-electron chi connectivity index (χ0n) is 19.4. The van der Waals surface area contributed by atoms with E-state index in [9.17, 15) is 14.0 Å². The molecule has 3 heterocycles. The van der Waals surface area contributed by atoms with E-state index in [1.54, 1.807) is 30.5 Å². The van der Waals surface area contributed by atoms with Gasteiger partial charge < -0.3 is 18.6 Å². The summed E-state index contributed by atoms with van der Waals surface area (Å²) in [6.45, 7) is 1.87. The van der Waals surface area contributed by atoms with Crippen LogP contribution in [0.1, 0.15) is 33.3 Å². The van der Waals surface area contributed by atoms with Crippen LogP contribution in [0.15, 0.2) is 57.9 Å². The maximum atomic E-state index is 14.0. The van der Waals surface area contributed by atoms with Gasteiger partial charge in [-0.05, 0) is 60.5 Å². The number of aromatic nitrogens is 1. The van der Waals surface area contributed by atoms with Gasteiger partial charge in [0.05, 0.1) is 38.3 Å². The molecule has 8 nitrogen and oxygen atoms in total. The predicted molar refractivity (Wildman–Crippen MR) is 126 cm³/mol. The van der Waals surface area contributed by atoms with Crippen molar-refractivity contribution in [1.29, 1.82) is 0 Å². The molecule has 0 radical (unpaired) electrons. The van der Waals surface area contributed by atoms with Gasteiger partial charge in [0, 0.05) is 6.20 Å². The number of pyridine rings is 1. The van der Waals surface area contributed by atoms with Crippen molar-refractivity contribution in [1.82, 2.24) is 4.98 Å². The van der Waals surface area contributed by atoms with Gasteiger partial charge in [-0.1, -0.05) is 0 Å². The first-order valence-corrected chi connectivity index (χ1v) is 10.7. The minimum Gasteiger partial charge on any atom is -0.493 e. The highest BCUT2D eigenvalue weighted by molar-refractivity contribution is 6.10. The first kappa shape index (κ1) is 22.4. The van der Waals surface area contributed by atoms with Gasteiger partial charge in [-0.3, -0.25) is 14.5 Å². The van der Waals surface area contributed by atoms with Gasteiger partial charge in [0.15, 0.2) is 16.9 Å². The standard InChI is InChI=1S/C26H21FN2O6/c1-13-7-8-28-20(9-13)29-22(14-10-18(32-2)24(34-4)19(11-14)33-3)21-23(30)16-12-15(27)5-6-17(16)35-25(21)26(29)31/h5-12,22H,1-4H3. The van der Waals surface area contributed by atoms with Crippen LogP contribution < -0.4 is 24.5 Å². The first-order valence-electron chi connectivity index (χ1n) is 10.7. The largest absolute Gasteiger partial charge is 0.493 e. The highest BCUT2D eigenvalue weighted by Crippen LogP contribution is 2.46. The van der Waals surface area contributed by atoms with Gasteiger partial charge >= 0.3 is 0 Å². The zero-order valence-corrected chi connectivity index (χ0v) is 19.4. The maximum Gasteiger partial charge on any atom is 0.296 e. The number of halogens is 1. The van der Waals surface area contributed by atoms with Crippen LogP contribution in [0.25, 0.3) is 11.0 Å². The van der Waals surface area contributed by atoms with Crippen LogP contribution in [0.5, 0.6) is 17.2 Å². The summed E-state index contributed by atoms with van der Waals surface area (Å²) in [6, 6.07) is 9.52. The molecule has 5 rings (SSSR count). The van der Waals surface area contributed by atoms with Gasteiger partial charge in [0.25, 0.3) is 5.91 Å². The second-order valence-corrected chi connectivity index (χ2v) is 8.04. The molecule has 0 saturated heterocycles. The molecule has 0 spiro atoms. The molecule has 1 amide bonds. The van der Waals surface area contributed by atoms with Gasteiger partial charge in [-0.2, -0.15) is 0 Å². The first-order chi connectivity index (χ1) is 16.9. The molecule has 1 aliphatic rings. The van der Waals surface area contributed by atoms with E-state index in [1.807, 2.05) is 6.92 Å². The number of anilines is 1. The average Bonchev–Trinajstić information content (AvgIpc) is 3.16. The van der Waals surface area contributed by atoms with E-state index in [0.29, 0.717) is 28.6 Å². The van der Waals surface area contributed by atoms with Gasteiger partial charge in [-0.25, -0.2) is 9.37 Å². The molecule has 4 aromatic rings. The molecule has 35 heavy (non-hydrogen) atoms. The minimum absolute atomic E-state index is 0.0352. The fraction of sp³-hybridized carbons (Fsp3) is 0.192. The molecule has 1 aliphatic heterocycles. The van der Waals surface area contributed by atoms with Crippen molar-refractivity contribution in [3.8, 4) is 17.2 Å². The quantitative estimate of drug-likeness (QED) is 0.421. The molecule has 0 N–H and O–H groups in total. The van der Waals surface area contributed by atoms with Crippen molar-refractivity contribution in [3.05, 3.63) is 87.2 Å². The third kappa shape index (κ3) is 3.47. The van der Waals surface area contributed by atoms with E-state index in [1.165, 1.54) is 38.4 Å². The Morgan fingerprint density at radius 1 is 0.971 bits per heavy atom. The molecule has 0 fully saturated rings. The fourth-order valence-electron chi connectivity index (χ4n) is 4.41. The van der Waals surface area contributed by atoms with E-state index < -0.39 is 23.2 Å². The minimum atomic E-state index is -0.940. The van der Waals surface area contributed by atoms with Crippen molar-refractivity contribution in [2.24, 2.45) is 0 Å². The van der Waals surface area contributed by atoms with Crippen LogP contribution in [-0.4, -0.2) is 32.2 Å². The van der Waals surface area contributed by atoms with Crippen molar-refractivity contribution in [2.45, 2.75) is 13.0 Å². The number of fused-ring (bicyclic) bond motifs is 2. The molecule has 9 heteroatoms. The Balaban J connectivity index is 1.85. The summed E-state index contributed by atoms with van der Waals surface area (Å²) >= 11 is 0. The average molecular weight is 476 g/mol. The molecule has 0 bridgehead atoms. The van der Waals surface area contributed by atoms with Gasteiger partial charge in [0.2, 0.25) is 11.5 Å². The number of carbonyl (C=O) groups is 1. The molecule has 2 aromatic heterocycles. The normalized spacial score (nSPS) is 14.8. The van der Waals surface area contributed by atoms with E-state index in [4.69, 9.17) is 18.6 Å². The lowest BCUT2D eigenvalue weighted by molar-refractivity contribution is 0.0970. The highest BCUT2D eigenvalue weighted by atomic mass is 19.1. The third-order valence-corrected chi connectivity index (χ3v) is 5.98. The summed E-state index contributed by atoms with van der Waals surface area (Å²) in [5, 5.41) is 0.0352. The van der Waals surface area contributed by atoms with Crippen LogP contribution in [0.2, 0.25) is 0 Å². The van der Waals surface area contributed by atoms with Gasteiger partial charge in [0.1, 0.15) is 17.2 Å². The van der Waals surface area contributed by atoms with Crippen LogP contribution in [0.3, 0.4) is 0 Å². The van der Waals surface area contributed by atoms with E-state index in [0.717, 1.165) is 11.6 Å². The lowest BCUT2D eigenvalue weighted by Crippen LogP contribution is -2.30. The Kier molecular flexibility index (Phi) is 5.39. The lowest BCUT2D eigenvalue weighted by Gasteiger charge is -2.25. The number of hydrogen-bond acceptors (Lipinski definition) is 7. The number of methoxy groups -OCH3 is 3. The number of carbonyl (C=O) groups excluding carboxylic acids is 1. The second-order valence-electron chi connectivity index (χ2n) is 8.04. The predicted octanol–water partition coefficient (Wildman–Crippen LogP) is 4.41. The number of ether oxygens (including phenoxy) is 3. The molecule has 1 unspecified atom stereocenters. The van der Waals surface area contributed by atoms with Crippen LogP contribution >= 0.6 is 0 Å². The van der Waals surface area contributed by atoms with Crippen molar-refractivity contribution >= 4 is 22.7 Å². The summed E-state index contributed by atoms with van der Waals surface area (Å²) < 4.78 is 36.3. The number of hydrogen-bond donors (Lipinski definition) is 0. The summed E-state index contributed by atoms with van der Waals surface area (Å²) in [5.41, 5.74) is 1.05. The number of rotatable bonds is 5. The summed E-state index contributed by atoms with van der Waals surface area (Å²) in [6.07, 6.45) is 1.58. The van der Waals surface area contributed by atoms with Crippen LogP contribution in [-0.2, 0) is 0 Å². The number of amides is 1. The summed E-state index contributed by atoms with van der Waals surface area (Å²) in [4.78, 5) is 33.1. The number of nitrogens with zero attached hydrogens (tertiary/aromatic N) is 2. The van der Waals surface area contributed by atoms with Crippen molar-refractivity contribution in [2.75, 3.05) is 26.2 Å². The SMILES string of the molecule is COc1cc(C2c3c(oc4ccc(F)cc4c3=O)C(=O)N2c2cc(C)ccn2)cc(OC)c1OC. The van der Waals surface area contributed by atoms with E-state index in [2.05, 4.69) is 4.98 Å². The van der Waals surface area contributed by atoms with Gasteiger partial charge in [-0.15, -0.1) is 0 Å². The molecule has 2 aromatic carbocycles. The van der Waals surface area contributed by atoms with Crippen LogP contribution in [0, 0.1) is 12.7 Å². The molecule has 178 valence electrons. The number of aryl methyl sites for hydroxylation is 1. The second kappa shape index (κ2) is 8.43. The Labute approximate surface area is 199 Å². The highest BCUT2D eigenvalue weighted by Gasteiger charge is 2.45. The van der Waals surface area contributed by atoms with E-state index >= 15 is 0 Å². The number of benzene rings is 2. The van der Waals surface area contributed by atoms with Crippen LogP contribution in [0.4, 0.5) is 10.2 Å². The Bertz CT molecular complexity index is 1520. The Hall–Kier alpha value is -4.40. The topological polar surface area (TPSA) is 91.1 Å². The fourth-order valence-corrected chi connectivity index (χ4v) is 4.41. The third-order valence-electron chi connectivity index (χ3n) is 5.98. The lowest BCUT2D eigenvalue weighted by atomic mass is 9.97. The van der Waals surface area contributed by atoms with Crippen molar-refractivity contribution in [3.63, 3.8) is 0 Å². The molecule has 0 saturated carbocycles.